The van der Waals surface area contributed by atoms with E-state index in [0.29, 0.717) is 6.42 Å². The average molecular weight is 343 g/mol. The van der Waals surface area contributed by atoms with Gasteiger partial charge in [0.25, 0.3) is 0 Å². The smallest absolute Gasteiger partial charge is 0.303 e. The Morgan fingerprint density at radius 2 is 1.50 bits per heavy atom. The van der Waals surface area contributed by atoms with Crippen LogP contribution in [0.4, 0.5) is 0 Å². The van der Waals surface area contributed by atoms with E-state index in [1.54, 1.807) is 37.3 Å². The van der Waals surface area contributed by atoms with Gasteiger partial charge in [0.05, 0.1) is 0 Å². The largest absolute Gasteiger partial charge is 0.481 e. The average Bonchev–Trinajstić information content (AvgIpc) is 2.54. The summed E-state index contributed by atoms with van der Waals surface area (Å²) in [7, 11) is 0. The van der Waals surface area contributed by atoms with Crippen molar-refractivity contribution in [2.75, 3.05) is 0 Å². The number of allylic oxidation sites excluding steroid dienone is 5. The fourth-order valence-electron chi connectivity index (χ4n) is 0.484. The molecule has 1 atom stereocenters. The molecular formula is C20H38O4. The van der Waals surface area contributed by atoms with Crippen LogP contribution in [0.2, 0.25) is 0 Å². The second-order valence-electron chi connectivity index (χ2n) is 4.09. The molecule has 0 aliphatic heterocycles. The first-order chi connectivity index (χ1) is 11.3. The Labute approximate surface area is 149 Å². The van der Waals surface area contributed by atoms with Crippen LogP contribution in [0.15, 0.2) is 62.8 Å². The molecule has 0 aliphatic rings. The zero-order valence-corrected chi connectivity index (χ0v) is 16.2. The first-order valence-corrected chi connectivity index (χ1v) is 7.89. The number of hydrogen-bond acceptors (Lipinski definition) is 3. The first kappa shape index (κ1) is 33.6. The molecule has 2 N–H and O–H groups in total. The maximum absolute atomic E-state index is 9.60. The fourth-order valence-corrected chi connectivity index (χ4v) is 0.484. The molecular weight excluding hydrogens is 304 g/mol. The van der Waals surface area contributed by atoms with E-state index in [0.717, 1.165) is 12.8 Å². The highest BCUT2D eigenvalue weighted by Gasteiger charge is 1.88. The van der Waals surface area contributed by atoms with Crippen LogP contribution in [0.5, 0.6) is 0 Å². The van der Waals surface area contributed by atoms with Crippen LogP contribution in [0.25, 0.3) is 0 Å². The summed E-state index contributed by atoms with van der Waals surface area (Å²) in [5, 5.41) is 15.9. The lowest BCUT2D eigenvalue weighted by atomic mass is 10.3. The summed E-state index contributed by atoms with van der Waals surface area (Å²) >= 11 is 0. The Bertz CT molecular complexity index is 288. The van der Waals surface area contributed by atoms with Gasteiger partial charge in [-0.3, -0.25) is 10.1 Å². The molecule has 0 aromatic carbocycles. The predicted octanol–water partition coefficient (Wildman–Crippen LogP) is 6.44. The number of carboxylic acids is 1. The molecule has 0 rings (SSSR count). The van der Waals surface area contributed by atoms with Gasteiger partial charge in [0.1, 0.15) is 6.10 Å². The van der Waals surface area contributed by atoms with Crippen molar-refractivity contribution in [2.45, 2.75) is 60.0 Å². The molecule has 0 saturated heterocycles. The molecule has 0 radical (unpaired) electrons. The molecule has 1 unspecified atom stereocenters. The quantitative estimate of drug-likeness (QED) is 0.252. The molecule has 0 aliphatic carbocycles. The van der Waals surface area contributed by atoms with Crippen LogP contribution in [-0.4, -0.2) is 22.4 Å². The second-order valence-corrected chi connectivity index (χ2v) is 4.09. The first-order valence-electron chi connectivity index (χ1n) is 7.89. The Morgan fingerprint density at radius 1 is 1.12 bits per heavy atom. The molecule has 24 heavy (non-hydrogen) atoms. The van der Waals surface area contributed by atoms with Gasteiger partial charge < -0.3 is 5.11 Å². The SMILES string of the molecule is C=C/C=C/C(C)OO.C=CC.C=CC.C=CCC.CCCC(=O)O. The van der Waals surface area contributed by atoms with Crippen LogP contribution in [0.3, 0.4) is 0 Å². The number of carbonyl (C=O) groups is 1. The van der Waals surface area contributed by atoms with Gasteiger partial charge in [0.2, 0.25) is 0 Å². The van der Waals surface area contributed by atoms with Crippen LogP contribution < -0.4 is 0 Å². The molecule has 0 bridgehead atoms. The number of hydrogen-bond donors (Lipinski definition) is 2. The minimum absolute atomic E-state index is 0.243. The Morgan fingerprint density at radius 3 is 1.62 bits per heavy atom. The normalized spacial score (nSPS) is 8.92. The molecule has 0 aromatic heterocycles. The third kappa shape index (κ3) is 112. The predicted molar refractivity (Wildman–Crippen MR) is 107 cm³/mol. The lowest BCUT2D eigenvalue weighted by Gasteiger charge is -1.95. The summed E-state index contributed by atoms with van der Waals surface area (Å²) in [4.78, 5) is 13.5. The van der Waals surface area contributed by atoms with Crippen LogP contribution in [0, 0.1) is 0 Å². The minimum atomic E-state index is -0.711. The van der Waals surface area contributed by atoms with Crippen molar-refractivity contribution in [1.29, 1.82) is 0 Å². The highest BCUT2D eigenvalue weighted by molar-refractivity contribution is 5.66. The van der Waals surface area contributed by atoms with E-state index in [1.807, 2.05) is 26.8 Å². The monoisotopic (exact) mass is 342 g/mol. The van der Waals surface area contributed by atoms with E-state index in [1.165, 1.54) is 0 Å². The van der Waals surface area contributed by atoms with Crippen molar-refractivity contribution in [1.82, 2.24) is 0 Å². The van der Waals surface area contributed by atoms with Gasteiger partial charge in [-0.05, 0) is 33.6 Å². The van der Waals surface area contributed by atoms with E-state index < -0.39 is 5.97 Å². The van der Waals surface area contributed by atoms with Gasteiger partial charge in [-0.2, -0.15) is 0 Å². The van der Waals surface area contributed by atoms with E-state index in [-0.39, 0.29) is 6.10 Å². The summed E-state index contributed by atoms with van der Waals surface area (Å²) < 4.78 is 0. The Hall–Kier alpha value is -1.91. The third-order valence-electron chi connectivity index (χ3n) is 1.44. The second kappa shape index (κ2) is 42.9. The minimum Gasteiger partial charge on any atom is -0.481 e. The third-order valence-corrected chi connectivity index (χ3v) is 1.44. The van der Waals surface area contributed by atoms with Crippen LogP contribution >= 0.6 is 0 Å². The van der Waals surface area contributed by atoms with Crippen molar-refractivity contribution >= 4 is 5.97 Å². The molecule has 0 aromatic rings. The van der Waals surface area contributed by atoms with Crippen molar-refractivity contribution in [3.05, 3.63) is 62.8 Å². The molecule has 4 heteroatoms. The summed E-state index contributed by atoms with van der Waals surface area (Å²) in [5.41, 5.74) is 0. The van der Waals surface area contributed by atoms with E-state index in [9.17, 15) is 4.79 Å². The summed E-state index contributed by atoms with van der Waals surface area (Å²) in [6.07, 6.45) is 12.3. The van der Waals surface area contributed by atoms with E-state index in [2.05, 4.69) is 38.1 Å². The lowest BCUT2D eigenvalue weighted by Crippen LogP contribution is -1.98. The Kier molecular flexibility index (Phi) is 60.1. The standard InChI is InChI=1S/C6H10O2.C4H8O2.C4H8.2C3H6/c1-3-4-5-6(2)8-7;1-2-3-4(5)6;1-3-4-2;2*1-3-2/h3-7H,1H2,2H3;2-3H2,1H3,(H,5,6);3H,1,4H2,2H3;2*3H,1H2,2H3/b5-4+;;;;. The molecule has 0 spiro atoms. The summed E-state index contributed by atoms with van der Waals surface area (Å²) in [6.45, 7) is 23.0. The number of rotatable bonds is 6. The van der Waals surface area contributed by atoms with Gasteiger partial charge in [0, 0.05) is 6.42 Å². The molecule has 0 fully saturated rings. The van der Waals surface area contributed by atoms with E-state index >= 15 is 0 Å². The fraction of sp³-hybridized carbons (Fsp3) is 0.450. The highest BCUT2D eigenvalue weighted by Crippen LogP contribution is 1.87. The maximum atomic E-state index is 9.60. The van der Waals surface area contributed by atoms with Crippen molar-refractivity contribution in [3.8, 4) is 0 Å². The van der Waals surface area contributed by atoms with E-state index in [4.69, 9.17) is 10.4 Å². The summed E-state index contributed by atoms with van der Waals surface area (Å²) in [6, 6.07) is 0. The van der Waals surface area contributed by atoms with Crippen molar-refractivity contribution in [2.24, 2.45) is 0 Å². The van der Waals surface area contributed by atoms with Gasteiger partial charge in [0.15, 0.2) is 0 Å². The Balaban J connectivity index is -0.0000000669. The van der Waals surface area contributed by atoms with Crippen LogP contribution in [-0.2, 0) is 9.68 Å². The topological polar surface area (TPSA) is 66.8 Å². The molecule has 0 saturated carbocycles. The lowest BCUT2D eigenvalue weighted by molar-refractivity contribution is -0.261. The van der Waals surface area contributed by atoms with Gasteiger partial charge in [-0.25, -0.2) is 4.89 Å². The zero-order chi connectivity index (χ0) is 20.2. The molecule has 0 amide bonds. The maximum Gasteiger partial charge on any atom is 0.303 e. The summed E-state index contributed by atoms with van der Waals surface area (Å²) in [5.74, 6) is -0.711. The van der Waals surface area contributed by atoms with Crippen molar-refractivity contribution in [3.63, 3.8) is 0 Å². The zero-order valence-electron chi connectivity index (χ0n) is 16.2. The number of aliphatic carboxylic acids is 1. The van der Waals surface area contributed by atoms with Crippen molar-refractivity contribution < 1.29 is 20.0 Å². The molecule has 142 valence electrons. The molecule has 4 nitrogen and oxygen atoms in total. The molecule has 0 heterocycles. The van der Waals surface area contributed by atoms with Gasteiger partial charge in [-0.15, -0.1) is 19.7 Å². The van der Waals surface area contributed by atoms with Gasteiger partial charge in [-0.1, -0.05) is 56.9 Å². The van der Waals surface area contributed by atoms with Gasteiger partial charge >= 0.3 is 5.97 Å². The number of carboxylic acid groups (broad SMARTS) is 1. The van der Waals surface area contributed by atoms with Crippen LogP contribution in [0.1, 0.15) is 53.9 Å². The highest BCUT2D eigenvalue weighted by atomic mass is 17.1.